The van der Waals surface area contributed by atoms with Crippen LogP contribution in [0, 0.1) is 11.3 Å². The first-order valence-electron chi connectivity index (χ1n) is 7.96. The maximum absolute atomic E-state index is 12.4. The molecule has 0 fully saturated rings. The van der Waals surface area contributed by atoms with E-state index in [9.17, 15) is 10.1 Å². The third kappa shape index (κ3) is 5.36. The highest BCUT2D eigenvalue weighted by Crippen LogP contribution is 2.26. The van der Waals surface area contributed by atoms with Gasteiger partial charge in [0.05, 0.1) is 17.7 Å². The Morgan fingerprint density at radius 3 is 2.65 bits per heavy atom. The molecule has 1 amide bonds. The van der Waals surface area contributed by atoms with Crippen LogP contribution >= 0.6 is 15.9 Å². The lowest BCUT2D eigenvalue weighted by Gasteiger charge is -2.11. The number of nitrogens with one attached hydrogen (secondary N) is 1. The van der Waals surface area contributed by atoms with Gasteiger partial charge in [-0.15, -0.1) is 0 Å². The van der Waals surface area contributed by atoms with E-state index in [1.54, 1.807) is 43.5 Å². The number of benzene rings is 2. The van der Waals surface area contributed by atoms with Crippen molar-refractivity contribution < 1.29 is 14.3 Å². The van der Waals surface area contributed by atoms with Crippen LogP contribution in [0.15, 0.2) is 52.5 Å². The molecule has 0 aliphatic rings. The van der Waals surface area contributed by atoms with Gasteiger partial charge in [-0.1, -0.05) is 12.1 Å². The predicted octanol–water partition coefficient (Wildman–Crippen LogP) is 4.79. The summed E-state index contributed by atoms with van der Waals surface area (Å²) in [5.41, 5.74) is 1.27. The average molecular weight is 415 g/mol. The number of rotatable bonds is 6. The molecule has 26 heavy (non-hydrogen) atoms. The van der Waals surface area contributed by atoms with Crippen LogP contribution in [-0.4, -0.2) is 19.1 Å². The fourth-order valence-electron chi connectivity index (χ4n) is 2.21. The van der Waals surface area contributed by atoms with Gasteiger partial charge in [0.15, 0.2) is 0 Å². The average Bonchev–Trinajstić information content (AvgIpc) is 2.59. The number of nitriles is 1. The molecule has 0 aromatic heterocycles. The molecule has 0 bridgehead atoms. The minimum absolute atomic E-state index is 0.00255. The standard InChI is InChI=1S/C20H19BrN2O3/c1-13(2)26-17-6-4-5-16(11-17)23-20(24)15(12-22)9-14-7-8-19(25-3)18(21)10-14/h4-11,13H,1-3H3,(H,23,24)/b15-9-. The molecule has 0 saturated carbocycles. The summed E-state index contributed by atoms with van der Waals surface area (Å²) in [6.07, 6.45) is 1.55. The van der Waals surface area contributed by atoms with E-state index < -0.39 is 5.91 Å². The van der Waals surface area contributed by atoms with Crippen molar-refractivity contribution in [3.05, 3.63) is 58.1 Å². The van der Waals surface area contributed by atoms with Crippen molar-refractivity contribution >= 4 is 33.6 Å². The van der Waals surface area contributed by atoms with E-state index in [-0.39, 0.29) is 11.7 Å². The van der Waals surface area contributed by atoms with Crippen molar-refractivity contribution in [1.82, 2.24) is 0 Å². The number of amides is 1. The summed E-state index contributed by atoms with van der Waals surface area (Å²) in [6, 6.07) is 14.3. The highest BCUT2D eigenvalue weighted by molar-refractivity contribution is 9.10. The number of halogens is 1. The van der Waals surface area contributed by atoms with Gasteiger partial charge in [-0.25, -0.2) is 0 Å². The number of ether oxygens (including phenoxy) is 2. The first-order valence-corrected chi connectivity index (χ1v) is 8.75. The molecule has 2 aromatic rings. The smallest absolute Gasteiger partial charge is 0.266 e. The predicted molar refractivity (Wildman–Crippen MR) is 105 cm³/mol. The number of nitrogens with zero attached hydrogens (tertiary/aromatic N) is 1. The lowest BCUT2D eigenvalue weighted by Crippen LogP contribution is -2.13. The van der Waals surface area contributed by atoms with Crippen molar-refractivity contribution in [1.29, 1.82) is 5.26 Å². The van der Waals surface area contributed by atoms with E-state index in [1.165, 1.54) is 6.08 Å². The van der Waals surface area contributed by atoms with Gasteiger partial charge in [0, 0.05) is 11.8 Å². The third-order valence-electron chi connectivity index (χ3n) is 3.32. The van der Waals surface area contributed by atoms with Crippen LogP contribution in [0.5, 0.6) is 11.5 Å². The number of carbonyl (C=O) groups is 1. The summed E-state index contributed by atoms with van der Waals surface area (Å²) in [6.45, 7) is 3.85. The zero-order valence-corrected chi connectivity index (χ0v) is 16.3. The van der Waals surface area contributed by atoms with E-state index >= 15 is 0 Å². The molecule has 0 aliphatic heterocycles. The Balaban J connectivity index is 2.19. The van der Waals surface area contributed by atoms with Gasteiger partial charge >= 0.3 is 0 Å². The van der Waals surface area contributed by atoms with Crippen molar-refractivity contribution in [2.45, 2.75) is 20.0 Å². The highest BCUT2D eigenvalue weighted by Gasteiger charge is 2.11. The molecular formula is C20H19BrN2O3. The highest BCUT2D eigenvalue weighted by atomic mass is 79.9. The second kappa shape index (κ2) is 9.07. The molecular weight excluding hydrogens is 396 g/mol. The topological polar surface area (TPSA) is 71.3 Å². The largest absolute Gasteiger partial charge is 0.496 e. The van der Waals surface area contributed by atoms with Gasteiger partial charge in [-0.2, -0.15) is 5.26 Å². The quantitative estimate of drug-likeness (QED) is 0.544. The molecule has 134 valence electrons. The second-order valence-electron chi connectivity index (χ2n) is 5.71. The van der Waals surface area contributed by atoms with Crippen LogP contribution in [0.25, 0.3) is 6.08 Å². The molecule has 0 aliphatic carbocycles. The monoisotopic (exact) mass is 414 g/mol. The van der Waals surface area contributed by atoms with Crippen LogP contribution in [0.3, 0.4) is 0 Å². The van der Waals surface area contributed by atoms with E-state index in [2.05, 4.69) is 21.2 Å². The maximum Gasteiger partial charge on any atom is 0.266 e. The summed E-state index contributed by atoms with van der Waals surface area (Å²) in [5.74, 6) is 0.840. The van der Waals surface area contributed by atoms with E-state index in [4.69, 9.17) is 9.47 Å². The Hall–Kier alpha value is -2.78. The van der Waals surface area contributed by atoms with Crippen LogP contribution in [0.1, 0.15) is 19.4 Å². The minimum Gasteiger partial charge on any atom is -0.496 e. The van der Waals surface area contributed by atoms with Gasteiger partial charge in [0.2, 0.25) is 0 Å². The van der Waals surface area contributed by atoms with E-state index in [0.29, 0.717) is 22.7 Å². The fraction of sp³-hybridized carbons (Fsp3) is 0.200. The summed E-state index contributed by atoms with van der Waals surface area (Å²) in [7, 11) is 1.57. The Morgan fingerprint density at radius 2 is 2.04 bits per heavy atom. The van der Waals surface area contributed by atoms with Gasteiger partial charge < -0.3 is 14.8 Å². The molecule has 0 unspecified atom stereocenters. The first-order chi connectivity index (χ1) is 12.4. The molecule has 6 heteroatoms. The van der Waals surface area contributed by atoms with Crippen LogP contribution in [0.4, 0.5) is 5.69 Å². The van der Waals surface area contributed by atoms with Gasteiger partial charge in [0.1, 0.15) is 23.1 Å². The molecule has 0 heterocycles. The minimum atomic E-state index is -0.485. The first kappa shape index (κ1) is 19.5. The lowest BCUT2D eigenvalue weighted by atomic mass is 10.1. The van der Waals surface area contributed by atoms with Crippen LogP contribution in [0.2, 0.25) is 0 Å². The summed E-state index contributed by atoms with van der Waals surface area (Å²) in [5, 5.41) is 12.1. The summed E-state index contributed by atoms with van der Waals surface area (Å²) < 4.78 is 11.5. The van der Waals surface area contributed by atoms with Crippen LogP contribution in [-0.2, 0) is 4.79 Å². The summed E-state index contributed by atoms with van der Waals surface area (Å²) in [4.78, 5) is 12.4. The number of hydrogen-bond acceptors (Lipinski definition) is 4. The normalized spacial score (nSPS) is 11.0. The number of methoxy groups -OCH3 is 1. The Bertz CT molecular complexity index is 870. The third-order valence-corrected chi connectivity index (χ3v) is 3.94. The Labute approximate surface area is 161 Å². The maximum atomic E-state index is 12.4. The Morgan fingerprint density at radius 1 is 1.27 bits per heavy atom. The molecule has 0 spiro atoms. The van der Waals surface area contributed by atoms with Gasteiger partial charge in [-0.05, 0) is 65.7 Å². The molecule has 2 rings (SSSR count). The zero-order chi connectivity index (χ0) is 19.1. The molecule has 0 atom stereocenters. The van der Waals surface area contributed by atoms with E-state index in [0.717, 1.165) is 4.47 Å². The van der Waals surface area contributed by atoms with Gasteiger partial charge in [0.25, 0.3) is 5.91 Å². The Kier molecular flexibility index (Phi) is 6.81. The zero-order valence-electron chi connectivity index (χ0n) is 14.7. The molecule has 2 aromatic carbocycles. The van der Waals surface area contributed by atoms with Crippen molar-refractivity contribution in [3.63, 3.8) is 0 Å². The molecule has 1 N–H and O–H groups in total. The van der Waals surface area contributed by atoms with Crippen molar-refractivity contribution in [2.75, 3.05) is 12.4 Å². The molecule has 0 radical (unpaired) electrons. The van der Waals surface area contributed by atoms with Crippen LogP contribution < -0.4 is 14.8 Å². The molecule has 5 nitrogen and oxygen atoms in total. The number of anilines is 1. The van der Waals surface area contributed by atoms with E-state index in [1.807, 2.05) is 26.0 Å². The van der Waals surface area contributed by atoms with Crippen molar-refractivity contribution in [2.24, 2.45) is 0 Å². The van der Waals surface area contributed by atoms with Crippen molar-refractivity contribution in [3.8, 4) is 17.6 Å². The summed E-state index contributed by atoms with van der Waals surface area (Å²) >= 11 is 3.39. The second-order valence-corrected chi connectivity index (χ2v) is 6.57. The van der Waals surface area contributed by atoms with Gasteiger partial charge in [-0.3, -0.25) is 4.79 Å². The lowest BCUT2D eigenvalue weighted by molar-refractivity contribution is -0.112. The SMILES string of the molecule is COc1ccc(/C=C(/C#N)C(=O)Nc2cccc(OC(C)C)c2)cc1Br. The fourth-order valence-corrected chi connectivity index (χ4v) is 2.76. The number of carbonyl (C=O) groups excluding carboxylic acids is 1. The molecule has 0 saturated heterocycles. The number of hydrogen-bond donors (Lipinski definition) is 1.